The van der Waals surface area contributed by atoms with Gasteiger partial charge in [-0.1, -0.05) is 6.07 Å². The lowest BCUT2D eigenvalue weighted by atomic mass is 10.2. The van der Waals surface area contributed by atoms with Gasteiger partial charge in [-0.05, 0) is 51.0 Å². The molecule has 1 atom stereocenters. The molecule has 0 spiro atoms. The Morgan fingerprint density at radius 2 is 1.95 bits per heavy atom. The summed E-state index contributed by atoms with van der Waals surface area (Å²) >= 11 is 0. The molecule has 5 rings (SSSR count). The minimum atomic E-state index is -3.85. The first-order chi connectivity index (χ1) is 17.8. The van der Waals surface area contributed by atoms with Crippen LogP contribution in [0, 0.1) is 6.92 Å². The van der Waals surface area contributed by atoms with Gasteiger partial charge in [-0.2, -0.15) is 4.31 Å². The van der Waals surface area contributed by atoms with Gasteiger partial charge < -0.3 is 24.5 Å². The third-order valence-corrected chi connectivity index (χ3v) is 9.14. The molecule has 5 heterocycles. The van der Waals surface area contributed by atoms with Crippen LogP contribution in [0.15, 0.2) is 47.6 Å². The monoisotopic (exact) mass is 526 g/mol. The van der Waals surface area contributed by atoms with Gasteiger partial charge >= 0.3 is 0 Å². The summed E-state index contributed by atoms with van der Waals surface area (Å²) in [4.78, 5) is 20.2. The number of anilines is 1. The van der Waals surface area contributed by atoms with Crippen molar-refractivity contribution in [3.05, 3.63) is 65.4 Å². The fourth-order valence-corrected chi connectivity index (χ4v) is 6.90. The Labute approximate surface area is 217 Å². The SMILES string of the molecule is Cc1c(S(=O)(=O)N2CCn3cccc3C2)cc(C(=O)NCc2cccnc2N2CCCC2)n1CC(C)O. The first-order valence-corrected chi connectivity index (χ1v) is 14.2. The average molecular weight is 527 g/mol. The number of rotatable bonds is 8. The summed E-state index contributed by atoms with van der Waals surface area (Å²) in [6.07, 6.45) is 5.18. The molecule has 1 unspecified atom stereocenters. The lowest BCUT2D eigenvalue weighted by Gasteiger charge is -2.28. The molecule has 1 fully saturated rings. The summed E-state index contributed by atoms with van der Waals surface area (Å²) in [5, 5.41) is 13.1. The highest BCUT2D eigenvalue weighted by molar-refractivity contribution is 7.89. The summed E-state index contributed by atoms with van der Waals surface area (Å²) in [6, 6.07) is 9.07. The number of aromatic nitrogens is 3. The number of hydrogen-bond acceptors (Lipinski definition) is 6. The molecule has 1 saturated heterocycles. The maximum Gasteiger partial charge on any atom is 0.268 e. The zero-order valence-electron chi connectivity index (χ0n) is 21.3. The van der Waals surface area contributed by atoms with Crippen LogP contribution in [0.3, 0.4) is 0 Å². The van der Waals surface area contributed by atoms with Crippen LogP contribution >= 0.6 is 0 Å². The van der Waals surface area contributed by atoms with Gasteiger partial charge in [0.2, 0.25) is 10.0 Å². The van der Waals surface area contributed by atoms with E-state index in [4.69, 9.17) is 0 Å². The van der Waals surface area contributed by atoms with Crippen molar-refractivity contribution in [3.63, 3.8) is 0 Å². The molecule has 3 aromatic rings. The molecule has 0 aromatic carbocycles. The second kappa shape index (κ2) is 10.3. The second-order valence-corrected chi connectivity index (χ2v) is 11.7. The number of nitrogens with zero attached hydrogens (tertiary/aromatic N) is 5. The van der Waals surface area contributed by atoms with E-state index in [1.807, 2.05) is 35.0 Å². The number of aliphatic hydroxyl groups is 1. The van der Waals surface area contributed by atoms with E-state index in [0.29, 0.717) is 18.8 Å². The van der Waals surface area contributed by atoms with Gasteiger partial charge in [-0.15, -0.1) is 0 Å². The number of carbonyl (C=O) groups is 1. The molecule has 2 aliphatic rings. The van der Waals surface area contributed by atoms with E-state index in [9.17, 15) is 18.3 Å². The van der Waals surface area contributed by atoms with Gasteiger partial charge in [0.1, 0.15) is 16.4 Å². The van der Waals surface area contributed by atoms with Crippen LogP contribution in [0.1, 0.15) is 47.2 Å². The number of sulfonamides is 1. The van der Waals surface area contributed by atoms with Gasteiger partial charge in [0.05, 0.1) is 12.6 Å². The zero-order valence-corrected chi connectivity index (χ0v) is 22.1. The maximum absolute atomic E-state index is 13.7. The lowest BCUT2D eigenvalue weighted by Crippen LogP contribution is -2.38. The number of pyridine rings is 1. The topological polar surface area (TPSA) is 113 Å². The molecule has 11 heteroatoms. The number of hydrogen-bond donors (Lipinski definition) is 2. The van der Waals surface area contributed by atoms with Crippen molar-refractivity contribution in [1.29, 1.82) is 0 Å². The van der Waals surface area contributed by atoms with E-state index in [-0.39, 0.29) is 30.2 Å². The van der Waals surface area contributed by atoms with Gasteiger partial charge in [0.15, 0.2) is 0 Å². The summed E-state index contributed by atoms with van der Waals surface area (Å²) in [5.74, 6) is 0.475. The Morgan fingerprint density at radius 1 is 1.16 bits per heavy atom. The van der Waals surface area contributed by atoms with Crippen LogP contribution in [-0.2, 0) is 36.2 Å². The molecule has 1 amide bonds. The first-order valence-electron chi connectivity index (χ1n) is 12.7. The summed E-state index contributed by atoms with van der Waals surface area (Å²) in [6.45, 7) is 6.77. The molecular formula is C26H34N6O4S. The third kappa shape index (κ3) is 5.03. The van der Waals surface area contributed by atoms with E-state index >= 15 is 0 Å². The number of amides is 1. The smallest absolute Gasteiger partial charge is 0.268 e. The highest BCUT2D eigenvalue weighted by atomic mass is 32.2. The molecule has 10 nitrogen and oxygen atoms in total. The van der Waals surface area contributed by atoms with Gasteiger partial charge in [-0.3, -0.25) is 4.79 Å². The molecule has 2 aliphatic heterocycles. The van der Waals surface area contributed by atoms with Crippen LogP contribution in [0.4, 0.5) is 5.82 Å². The molecular weight excluding hydrogens is 492 g/mol. The van der Waals surface area contributed by atoms with Crippen LogP contribution in [0.25, 0.3) is 0 Å². The van der Waals surface area contributed by atoms with Gasteiger partial charge in [0, 0.05) is 68.6 Å². The van der Waals surface area contributed by atoms with E-state index < -0.39 is 22.0 Å². The highest BCUT2D eigenvalue weighted by Crippen LogP contribution is 2.28. The van der Waals surface area contributed by atoms with Gasteiger partial charge in [0.25, 0.3) is 5.91 Å². The van der Waals surface area contributed by atoms with Crippen LogP contribution < -0.4 is 10.2 Å². The number of aliphatic hydroxyl groups excluding tert-OH is 1. The van der Waals surface area contributed by atoms with E-state index in [0.717, 1.165) is 43.0 Å². The number of fused-ring (bicyclic) bond motifs is 1. The summed E-state index contributed by atoms with van der Waals surface area (Å²) < 4.78 is 32.5. The number of nitrogens with one attached hydrogen (secondary N) is 1. The minimum absolute atomic E-state index is 0.0949. The Bertz CT molecular complexity index is 1390. The molecule has 0 radical (unpaired) electrons. The van der Waals surface area contributed by atoms with E-state index in [1.54, 1.807) is 24.6 Å². The van der Waals surface area contributed by atoms with E-state index in [1.165, 1.54) is 10.4 Å². The van der Waals surface area contributed by atoms with E-state index in [2.05, 4.69) is 15.2 Å². The first kappa shape index (κ1) is 25.5. The largest absolute Gasteiger partial charge is 0.392 e. The molecule has 0 saturated carbocycles. The number of carbonyl (C=O) groups excluding carboxylic acids is 1. The standard InChI is InChI=1S/C26H34N6O4S/c1-19(33)17-32-20(2)24(37(35,36)31-14-13-29-12-6-8-22(29)18-31)15-23(32)26(34)28-16-21-7-5-9-27-25(21)30-10-3-4-11-30/h5-9,12,15,19,33H,3-4,10-11,13-14,16-18H2,1-2H3,(H,28,34). The molecule has 0 aliphatic carbocycles. The Balaban J connectivity index is 1.41. The van der Waals surface area contributed by atoms with Crippen molar-refractivity contribution in [1.82, 2.24) is 23.7 Å². The second-order valence-electron chi connectivity index (χ2n) is 9.83. The molecule has 3 aromatic heterocycles. The normalized spacial score (nSPS) is 17.1. The van der Waals surface area contributed by atoms with Crippen LogP contribution in [-0.4, -0.2) is 63.6 Å². The predicted molar refractivity (Wildman–Crippen MR) is 140 cm³/mol. The van der Waals surface area contributed by atoms with Crippen molar-refractivity contribution >= 4 is 21.7 Å². The van der Waals surface area contributed by atoms with Crippen molar-refractivity contribution < 1.29 is 18.3 Å². The van der Waals surface area contributed by atoms with Crippen molar-refractivity contribution in [3.8, 4) is 0 Å². The Hall–Kier alpha value is -3.15. The lowest BCUT2D eigenvalue weighted by molar-refractivity contribution is 0.0936. The van der Waals surface area contributed by atoms with Crippen molar-refractivity contribution in [2.45, 2.75) is 63.9 Å². The molecule has 198 valence electrons. The molecule has 0 bridgehead atoms. The predicted octanol–water partition coefficient (Wildman–Crippen LogP) is 2.11. The summed E-state index contributed by atoms with van der Waals surface area (Å²) in [5.41, 5.74) is 2.49. The average Bonchev–Trinajstić information content (AvgIpc) is 3.63. The Morgan fingerprint density at radius 3 is 2.70 bits per heavy atom. The van der Waals surface area contributed by atoms with Gasteiger partial charge in [-0.25, -0.2) is 13.4 Å². The molecule has 37 heavy (non-hydrogen) atoms. The molecule has 2 N–H and O–H groups in total. The van der Waals surface area contributed by atoms with Crippen LogP contribution in [0.5, 0.6) is 0 Å². The summed E-state index contributed by atoms with van der Waals surface area (Å²) in [7, 11) is -3.85. The fourth-order valence-electron chi connectivity index (χ4n) is 5.25. The fraction of sp³-hybridized carbons (Fsp3) is 0.462. The third-order valence-electron chi connectivity index (χ3n) is 7.18. The maximum atomic E-state index is 13.7. The quantitative estimate of drug-likeness (QED) is 0.465. The Kier molecular flexibility index (Phi) is 7.11. The highest BCUT2D eigenvalue weighted by Gasteiger charge is 2.33. The zero-order chi connectivity index (χ0) is 26.2. The van der Waals surface area contributed by atoms with Crippen LogP contribution in [0.2, 0.25) is 0 Å². The minimum Gasteiger partial charge on any atom is -0.392 e. The van der Waals surface area contributed by atoms with Crippen molar-refractivity contribution in [2.75, 3.05) is 24.5 Å². The van der Waals surface area contributed by atoms with Crippen molar-refractivity contribution in [2.24, 2.45) is 0 Å².